The first-order chi connectivity index (χ1) is 6.86. The van der Waals surface area contributed by atoms with Crippen molar-refractivity contribution < 1.29 is 4.42 Å². The third-order valence-electron chi connectivity index (χ3n) is 1.44. The molecular formula is C12H19NO. The number of para-hydroxylation sites is 1. The van der Waals surface area contributed by atoms with Crippen LogP contribution in [0.5, 0.6) is 0 Å². The van der Waals surface area contributed by atoms with Crippen molar-refractivity contribution in [2.75, 3.05) is 5.73 Å². The number of hydrogen-bond donors (Lipinski definition) is 1. The summed E-state index contributed by atoms with van der Waals surface area (Å²) >= 11 is 0. The molecule has 2 N–H and O–H groups in total. The Balaban J connectivity index is 0.000000379. The molecule has 0 spiro atoms. The van der Waals surface area contributed by atoms with E-state index in [1.54, 1.807) is 0 Å². The Morgan fingerprint density at radius 3 is 2.14 bits per heavy atom. The van der Waals surface area contributed by atoms with Crippen LogP contribution >= 0.6 is 0 Å². The Morgan fingerprint density at radius 1 is 1.00 bits per heavy atom. The van der Waals surface area contributed by atoms with Crippen molar-refractivity contribution in [2.24, 2.45) is 0 Å². The van der Waals surface area contributed by atoms with Gasteiger partial charge in [-0.1, -0.05) is 45.9 Å². The Labute approximate surface area is 85.7 Å². The number of benzene rings is 1. The first-order valence-electron chi connectivity index (χ1n) is 5.10. The molecule has 0 unspecified atom stereocenters. The van der Waals surface area contributed by atoms with E-state index in [0.717, 1.165) is 11.0 Å². The van der Waals surface area contributed by atoms with Gasteiger partial charge in [0.2, 0.25) is 0 Å². The molecule has 0 radical (unpaired) electrons. The summed E-state index contributed by atoms with van der Waals surface area (Å²) in [6.45, 7) is 8.00. The number of hydrogen-bond acceptors (Lipinski definition) is 2. The van der Waals surface area contributed by atoms with Crippen LogP contribution in [-0.2, 0) is 0 Å². The van der Waals surface area contributed by atoms with Gasteiger partial charge in [-0.25, -0.2) is 0 Å². The first-order valence-corrected chi connectivity index (χ1v) is 5.10. The molecule has 0 aliphatic rings. The quantitative estimate of drug-likeness (QED) is 0.685. The van der Waals surface area contributed by atoms with E-state index in [-0.39, 0.29) is 0 Å². The fourth-order valence-electron chi connectivity index (χ4n) is 1.00. The van der Waals surface area contributed by atoms with Crippen LogP contribution in [0.4, 0.5) is 5.88 Å². The third-order valence-corrected chi connectivity index (χ3v) is 1.44. The fourth-order valence-corrected chi connectivity index (χ4v) is 1.00. The molecule has 0 amide bonds. The molecule has 0 aliphatic heterocycles. The molecule has 78 valence electrons. The summed E-state index contributed by atoms with van der Waals surface area (Å²) in [5.74, 6) is 0.473. The maximum Gasteiger partial charge on any atom is 0.191 e. The molecule has 2 nitrogen and oxygen atoms in total. The average molecular weight is 193 g/mol. The highest BCUT2D eigenvalue weighted by Gasteiger charge is 1.96. The van der Waals surface area contributed by atoms with Crippen molar-refractivity contribution in [3.63, 3.8) is 0 Å². The van der Waals surface area contributed by atoms with Gasteiger partial charge in [0, 0.05) is 11.5 Å². The zero-order chi connectivity index (χ0) is 11.0. The highest BCUT2D eigenvalue weighted by molar-refractivity contribution is 5.80. The van der Waals surface area contributed by atoms with E-state index in [9.17, 15) is 0 Å². The second-order valence-corrected chi connectivity index (χ2v) is 2.19. The van der Waals surface area contributed by atoms with Crippen molar-refractivity contribution in [3.05, 3.63) is 30.3 Å². The van der Waals surface area contributed by atoms with Crippen LogP contribution in [0.25, 0.3) is 11.0 Å². The largest absolute Gasteiger partial charge is 0.441 e. The van der Waals surface area contributed by atoms with Crippen molar-refractivity contribution in [1.29, 1.82) is 0 Å². The summed E-state index contributed by atoms with van der Waals surface area (Å²) in [5.41, 5.74) is 6.27. The Bertz CT molecular complexity index is 319. The van der Waals surface area contributed by atoms with Crippen LogP contribution in [0.15, 0.2) is 34.7 Å². The molecule has 0 saturated heterocycles. The van der Waals surface area contributed by atoms with Crippen LogP contribution in [-0.4, -0.2) is 0 Å². The van der Waals surface area contributed by atoms with Gasteiger partial charge >= 0.3 is 0 Å². The van der Waals surface area contributed by atoms with Crippen LogP contribution < -0.4 is 5.73 Å². The summed E-state index contributed by atoms with van der Waals surface area (Å²) < 4.78 is 5.15. The number of anilines is 1. The van der Waals surface area contributed by atoms with Crippen molar-refractivity contribution >= 4 is 16.9 Å². The van der Waals surface area contributed by atoms with Gasteiger partial charge in [-0.15, -0.1) is 0 Å². The number of furan rings is 1. The number of nitrogen functional groups attached to an aromatic ring is 1. The highest BCUT2D eigenvalue weighted by Crippen LogP contribution is 2.19. The maximum atomic E-state index is 5.42. The molecule has 2 heteroatoms. The molecule has 0 fully saturated rings. The molecule has 0 aliphatic carbocycles. The van der Waals surface area contributed by atoms with Crippen LogP contribution in [0, 0.1) is 0 Å². The number of rotatable bonds is 0. The topological polar surface area (TPSA) is 39.2 Å². The normalized spacial score (nSPS) is 8.29. The molecule has 2 rings (SSSR count). The Morgan fingerprint density at radius 2 is 1.57 bits per heavy atom. The smallest absolute Gasteiger partial charge is 0.191 e. The molecule has 14 heavy (non-hydrogen) atoms. The molecule has 1 aromatic carbocycles. The summed E-state index contributed by atoms with van der Waals surface area (Å²) in [6.07, 6.45) is 0. The van der Waals surface area contributed by atoms with Gasteiger partial charge in [-0.05, 0) is 6.07 Å². The molecule has 1 aromatic heterocycles. The van der Waals surface area contributed by atoms with E-state index >= 15 is 0 Å². The second-order valence-electron chi connectivity index (χ2n) is 2.19. The van der Waals surface area contributed by atoms with E-state index in [2.05, 4.69) is 0 Å². The van der Waals surface area contributed by atoms with E-state index in [1.165, 1.54) is 0 Å². The predicted octanol–water partition coefficient (Wildman–Crippen LogP) is 4.07. The lowest BCUT2D eigenvalue weighted by Crippen LogP contribution is -1.75. The van der Waals surface area contributed by atoms with Crippen molar-refractivity contribution in [2.45, 2.75) is 27.7 Å². The molecule has 0 saturated carbocycles. The minimum absolute atomic E-state index is 0.473. The summed E-state index contributed by atoms with van der Waals surface area (Å²) in [4.78, 5) is 0. The molecular weight excluding hydrogens is 174 g/mol. The van der Waals surface area contributed by atoms with E-state index < -0.39 is 0 Å². The van der Waals surface area contributed by atoms with E-state index in [0.29, 0.717) is 5.88 Å². The monoisotopic (exact) mass is 193 g/mol. The van der Waals surface area contributed by atoms with Crippen LogP contribution in [0.1, 0.15) is 27.7 Å². The lowest BCUT2D eigenvalue weighted by molar-refractivity contribution is 0.637. The van der Waals surface area contributed by atoms with Gasteiger partial charge in [0.1, 0.15) is 5.58 Å². The van der Waals surface area contributed by atoms with Gasteiger partial charge in [0.05, 0.1) is 0 Å². The lowest BCUT2D eigenvalue weighted by atomic mass is 10.3. The second kappa shape index (κ2) is 7.01. The van der Waals surface area contributed by atoms with E-state index in [4.69, 9.17) is 10.2 Å². The Kier molecular flexibility index (Phi) is 6.29. The van der Waals surface area contributed by atoms with Gasteiger partial charge in [-0.2, -0.15) is 0 Å². The average Bonchev–Trinajstić information content (AvgIpc) is 2.64. The standard InChI is InChI=1S/C8H7NO.2C2H6/c9-8-5-6-3-1-2-4-7(6)10-8;2*1-2/h1-5H,9H2;2*1-2H3. The van der Waals surface area contributed by atoms with Gasteiger partial charge in [-0.3, -0.25) is 0 Å². The molecule has 2 aromatic rings. The fraction of sp³-hybridized carbons (Fsp3) is 0.333. The lowest BCUT2D eigenvalue weighted by Gasteiger charge is -1.81. The Hall–Kier alpha value is -1.44. The predicted molar refractivity (Wildman–Crippen MR) is 63.3 cm³/mol. The van der Waals surface area contributed by atoms with Gasteiger partial charge in [0.25, 0.3) is 0 Å². The van der Waals surface area contributed by atoms with Crippen molar-refractivity contribution in [1.82, 2.24) is 0 Å². The molecule has 1 heterocycles. The SMILES string of the molecule is CC.CC.Nc1cc2ccccc2o1. The first kappa shape index (κ1) is 12.6. The van der Waals surface area contributed by atoms with Crippen LogP contribution in [0.2, 0.25) is 0 Å². The maximum absolute atomic E-state index is 5.42. The third kappa shape index (κ3) is 3.13. The zero-order valence-electron chi connectivity index (χ0n) is 9.37. The minimum atomic E-state index is 0.473. The van der Waals surface area contributed by atoms with E-state index in [1.807, 2.05) is 58.0 Å². The number of nitrogens with two attached hydrogens (primary N) is 1. The van der Waals surface area contributed by atoms with Crippen molar-refractivity contribution in [3.8, 4) is 0 Å². The molecule has 0 bridgehead atoms. The van der Waals surface area contributed by atoms with Gasteiger partial charge in [0.15, 0.2) is 5.88 Å². The molecule has 0 atom stereocenters. The number of fused-ring (bicyclic) bond motifs is 1. The summed E-state index contributed by atoms with van der Waals surface area (Å²) in [5, 5.41) is 1.06. The zero-order valence-corrected chi connectivity index (χ0v) is 9.37. The van der Waals surface area contributed by atoms with Crippen LogP contribution in [0.3, 0.4) is 0 Å². The summed E-state index contributed by atoms with van der Waals surface area (Å²) in [6, 6.07) is 9.55. The minimum Gasteiger partial charge on any atom is -0.441 e. The summed E-state index contributed by atoms with van der Waals surface area (Å²) in [7, 11) is 0. The highest BCUT2D eigenvalue weighted by atomic mass is 16.3. The van der Waals surface area contributed by atoms with Gasteiger partial charge < -0.3 is 10.2 Å².